The highest BCUT2D eigenvalue weighted by Crippen LogP contribution is 2.37. The van der Waals surface area contributed by atoms with E-state index in [2.05, 4.69) is 20.2 Å². The van der Waals surface area contributed by atoms with E-state index in [9.17, 15) is 4.79 Å². The number of rotatable bonds is 9. The van der Waals surface area contributed by atoms with Gasteiger partial charge in [-0.25, -0.2) is 4.98 Å². The number of H-pyrrole nitrogens is 1. The Labute approximate surface area is 198 Å². The van der Waals surface area contributed by atoms with Gasteiger partial charge in [-0.3, -0.25) is 9.69 Å². The Kier molecular flexibility index (Phi) is 7.69. The van der Waals surface area contributed by atoms with Gasteiger partial charge in [-0.1, -0.05) is 18.5 Å². The molecular weight excluding hydrogens is 444 g/mol. The molecule has 0 saturated carbocycles. The summed E-state index contributed by atoms with van der Waals surface area (Å²) in [6, 6.07) is 8.87. The van der Waals surface area contributed by atoms with Crippen molar-refractivity contribution in [3.8, 4) is 11.5 Å². The Morgan fingerprint density at radius 1 is 1.21 bits per heavy atom. The Morgan fingerprint density at radius 3 is 2.79 bits per heavy atom. The maximum Gasteiger partial charge on any atom is 0.255 e. The number of halogens is 1. The molecule has 176 valence electrons. The number of aromatic amines is 1. The number of ether oxygens (including phenoxy) is 3. The van der Waals surface area contributed by atoms with Crippen LogP contribution in [0, 0.1) is 0 Å². The molecule has 1 aliphatic heterocycles. The second-order valence-electron chi connectivity index (χ2n) is 7.82. The van der Waals surface area contributed by atoms with E-state index in [1.807, 2.05) is 32.0 Å². The third kappa shape index (κ3) is 5.76. The number of nitrogens with one attached hydrogen (secondary N) is 2. The fourth-order valence-electron chi connectivity index (χ4n) is 3.70. The predicted molar refractivity (Wildman–Crippen MR) is 129 cm³/mol. The number of hydrogen-bond donors (Lipinski definition) is 2. The quantitative estimate of drug-likeness (QED) is 0.477. The van der Waals surface area contributed by atoms with Gasteiger partial charge in [0.2, 0.25) is 0 Å². The van der Waals surface area contributed by atoms with E-state index in [1.165, 1.54) is 0 Å². The van der Waals surface area contributed by atoms with Crippen molar-refractivity contribution < 1.29 is 19.0 Å². The second kappa shape index (κ2) is 10.9. The van der Waals surface area contributed by atoms with Gasteiger partial charge in [0.15, 0.2) is 11.5 Å². The lowest BCUT2D eigenvalue weighted by molar-refractivity contribution is 0.0332. The van der Waals surface area contributed by atoms with Crippen LogP contribution in [0.4, 0.5) is 5.69 Å². The van der Waals surface area contributed by atoms with Crippen LogP contribution in [-0.4, -0.2) is 60.3 Å². The molecule has 2 aromatic carbocycles. The first-order valence-electron chi connectivity index (χ1n) is 11.3. The van der Waals surface area contributed by atoms with Crippen molar-refractivity contribution in [2.24, 2.45) is 0 Å². The first kappa shape index (κ1) is 23.4. The molecule has 1 aromatic heterocycles. The molecule has 0 aliphatic carbocycles. The summed E-state index contributed by atoms with van der Waals surface area (Å²) in [6.45, 7) is 8.87. The average molecular weight is 473 g/mol. The summed E-state index contributed by atoms with van der Waals surface area (Å²) in [6.07, 6.45) is 0.842. The molecule has 0 atom stereocenters. The van der Waals surface area contributed by atoms with E-state index in [1.54, 1.807) is 12.1 Å². The van der Waals surface area contributed by atoms with Crippen LogP contribution in [0.5, 0.6) is 11.5 Å². The van der Waals surface area contributed by atoms with Gasteiger partial charge in [0.05, 0.1) is 49.0 Å². The topological polar surface area (TPSA) is 88.7 Å². The Hall–Kier alpha value is -2.81. The molecule has 0 radical (unpaired) electrons. The van der Waals surface area contributed by atoms with Crippen molar-refractivity contribution in [2.45, 2.75) is 26.8 Å². The summed E-state index contributed by atoms with van der Waals surface area (Å²) >= 11 is 6.40. The fourth-order valence-corrected chi connectivity index (χ4v) is 3.96. The number of morpholine rings is 1. The SMILES string of the molecule is CCCOc1c(Cl)cc(C(=O)Nc2ccc3nc(CN4CCOCC4)[nH]c3c2)cc1OCC. The van der Waals surface area contributed by atoms with Crippen molar-refractivity contribution in [3.63, 3.8) is 0 Å². The smallest absolute Gasteiger partial charge is 0.255 e. The minimum atomic E-state index is -0.285. The van der Waals surface area contributed by atoms with Gasteiger partial charge in [-0.15, -0.1) is 0 Å². The van der Waals surface area contributed by atoms with E-state index >= 15 is 0 Å². The van der Waals surface area contributed by atoms with Crippen molar-refractivity contribution >= 4 is 34.2 Å². The summed E-state index contributed by atoms with van der Waals surface area (Å²) < 4.78 is 16.8. The number of nitrogens with zero attached hydrogens (tertiary/aromatic N) is 2. The van der Waals surface area contributed by atoms with Crippen molar-refractivity contribution in [3.05, 3.63) is 46.7 Å². The van der Waals surface area contributed by atoms with Crippen LogP contribution in [0.2, 0.25) is 5.02 Å². The lowest BCUT2D eigenvalue weighted by atomic mass is 10.1. The molecule has 3 aromatic rings. The Morgan fingerprint density at radius 2 is 2.03 bits per heavy atom. The summed E-state index contributed by atoms with van der Waals surface area (Å²) in [4.78, 5) is 23.3. The van der Waals surface area contributed by atoms with Crippen LogP contribution in [0.3, 0.4) is 0 Å². The average Bonchev–Trinajstić information content (AvgIpc) is 3.20. The highest BCUT2D eigenvalue weighted by Gasteiger charge is 2.17. The zero-order valence-electron chi connectivity index (χ0n) is 18.9. The zero-order chi connectivity index (χ0) is 23.2. The van der Waals surface area contributed by atoms with Crippen LogP contribution < -0.4 is 14.8 Å². The van der Waals surface area contributed by atoms with Gasteiger partial charge >= 0.3 is 0 Å². The third-order valence-corrected chi connectivity index (χ3v) is 5.57. The minimum absolute atomic E-state index is 0.285. The number of amides is 1. The molecule has 2 heterocycles. The van der Waals surface area contributed by atoms with E-state index in [0.29, 0.717) is 41.0 Å². The molecule has 1 saturated heterocycles. The van der Waals surface area contributed by atoms with Crippen molar-refractivity contribution in [2.75, 3.05) is 44.8 Å². The summed E-state index contributed by atoms with van der Waals surface area (Å²) in [7, 11) is 0. The highest BCUT2D eigenvalue weighted by atomic mass is 35.5. The van der Waals surface area contributed by atoms with Crippen LogP contribution in [0.15, 0.2) is 30.3 Å². The lowest BCUT2D eigenvalue weighted by Crippen LogP contribution is -2.35. The Balaban J connectivity index is 1.49. The van der Waals surface area contributed by atoms with Crippen LogP contribution in [-0.2, 0) is 11.3 Å². The molecule has 1 fully saturated rings. The molecular formula is C24H29ClN4O4. The molecule has 0 bridgehead atoms. The van der Waals surface area contributed by atoms with Gasteiger partial charge in [0, 0.05) is 24.3 Å². The van der Waals surface area contributed by atoms with E-state index < -0.39 is 0 Å². The molecule has 1 aliphatic rings. The molecule has 0 spiro atoms. The maximum absolute atomic E-state index is 12.9. The molecule has 0 unspecified atom stereocenters. The largest absolute Gasteiger partial charge is 0.490 e. The van der Waals surface area contributed by atoms with E-state index in [-0.39, 0.29) is 5.91 Å². The maximum atomic E-state index is 12.9. The van der Waals surface area contributed by atoms with Gasteiger partial charge in [-0.2, -0.15) is 0 Å². The summed E-state index contributed by atoms with van der Waals surface area (Å²) in [5, 5.41) is 3.28. The standard InChI is InChI=1S/C24H29ClN4O4/c1-3-9-33-23-18(25)12-16(13-21(23)32-4-2)24(30)26-17-5-6-19-20(14-17)28-22(27-19)15-29-7-10-31-11-8-29/h5-6,12-14H,3-4,7-11,15H2,1-2H3,(H,26,30)(H,27,28). The molecule has 9 heteroatoms. The number of fused-ring (bicyclic) bond motifs is 1. The molecule has 1 amide bonds. The number of anilines is 1. The monoisotopic (exact) mass is 472 g/mol. The second-order valence-corrected chi connectivity index (χ2v) is 8.23. The van der Waals surface area contributed by atoms with Gasteiger partial charge in [-0.05, 0) is 43.7 Å². The highest BCUT2D eigenvalue weighted by molar-refractivity contribution is 6.32. The molecule has 4 rings (SSSR count). The van der Waals surface area contributed by atoms with Crippen molar-refractivity contribution in [1.29, 1.82) is 0 Å². The molecule has 2 N–H and O–H groups in total. The Bertz CT molecular complexity index is 1110. The van der Waals surface area contributed by atoms with Gasteiger partial charge in [0.1, 0.15) is 5.82 Å². The predicted octanol–water partition coefficient (Wildman–Crippen LogP) is 4.49. The normalized spacial score (nSPS) is 14.4. The van der Waals surface area contributed by atoms with E-state index in [0.717, 1.165) is 56.1 Å². The first-order valence-corrected chi connectivity index (χ1v) is 11.6. The van der Waals surface area contributed by atoms with Gasteiger partial charge in [0.25, 0.3) is 5.91 Å². The molecule has 33 heavy (non-hydrogen) atoms. The fraction of sp³-hybridized carbons (Fsp3) is 0.417. The number of aromatic nitrogens is 2. The number of carbonyl (C=O) groups excluding carboxylic acids is 1. The zero-order valence-corrected chi connectivity index (χ0v) is 19.7. The minimum Gasteiger partial charge on any atom is -0.490 e. The van der Waals surface area contributed by atoms with Crippen LogP contribution in [0.25, 0.3) is 11.0 Å². The number of benzene rings is 2. The molecule has 8 nitrogen and oxygen atoms in total. The lowest BCUT2D eigenvalue weighted by Gasteiger charge is -2.25. The summed E-state index contributed by atoms with van der Waals surface area (Å²) in [5.74, 6) is 1.53. The van der Waals surface area contributed by atoms with Crippen LogP contribution in [0.1, 0.15) is 36.5 Å². The number of carbonyl (C=O) groups is 1. The number of hydrogen-bond acceptors (Lipinski definition) is 6. The van der Waals surface area contributed by atoms with Crippen molar-refractivity contribution in [1.82, 2.24) is 14.9 Å². The summed E-state index contributed by atoms with van der Waals surface area (Å²) in [5.41, 5.74) is 2.78. The van der Waals surface area contributed by atoms with E-state index in [4.69, 9.17) is 25.8 Å². The van der Waals surface area contributed by atoms with Crippen LogP contribution >= 0.6 is 11.6 Å². The van der Waals surface area contributed by atoms with Gasteiger partial charge < -0.3 is 24.5 Å². The first-order chi connectivity index (χ1) is 16.1. The third-order valence-electron chi connectivity index (χ3n) is 5.29. The number of imidazole rings is 1.